The smallest absolute Gasteiger partial charge is 0.303 e. The molecule has 7 nitrogen and oxygen atoms in total. The summed E-state index contributed by atoms with van der Waals surface area (Å²) in [6.45, 7) is 6.71. The second kappa shape index (κ2) is 8.24. The molecule has 3 N–H and O–H groups in total. The van der Waals surface area contributed by atoms with E-state index in [1.54, 1.807) is 0 Å². The van der Waals surface area contributed by atoms with E-state index >= 15 is 0 Å². The number of carbonyl (C=O) groups is 1. The Hall–Kier alpha value is -1.30. The summed E-state index contributed by atoms with van der Waals surface area (Å²) in [5.74, 6) is 0.884. The van der Waals surface area contributed by atoms with Crippen LogP contribution in [0.3, 0.4) is 0 Å². The Morgan fingerprint density at radius 2 is 1.90 bits per heavy atom. The van der Waals surface area contributed by atoms with Gasteiger partial charge in [-0.25, -0.2) is 0 Å². The van der Waals surface area contributed by atoms with Gasteiger partial charge in [-0.15, -0.1) is 0 Å². The number of fused-ring (bicyclic) bond motifs is 5. The SMILES string of the molecule is C[C@H](CCC(=O)O)[C@H]1CC[C@H]2[C@@H]3[C@H](O)C[C@@H]4C[C@@H](N=[N+]=[N-])CC[C@]4(C)[C@H]3C[C@H](O)[C@]12C. The van der Waals surface area contributed by atoms with Gasteiger partial charge in [-0.1, -0.05) is 25.9 Å². The molecule has 0 amide bonds. The topological polar surface area (TPSA) is 127 Å². The molecule has 4 aliphatic carbocycles. The van der Waals surface area contributed by atoms with Gasteiger partial charge in [-0.3, -0.25) is 4.79 Å². The zero-order valence-electron chi connectivity index (χ0n) is 19.2. The number of aliphatic hydroxyl groups is 2. The molecule has 0 aromatic rings. The van der Waals surface area contributed by atoms with E-state index in [1.165, 1.54) is 0 Å². The van der Waals surface area contributed by atoms with E-state index in [4.69, 9.17) is 10.6 Å². The Morgan fingerprint density at radius 1 is 1.16 bits per heavy atom. The molecule has 0 bridgehead atoms. The number of rotatable bonds is 5. The second-order valence-corrected chi connectivity index (χ2v) is 11.6. The Bertz CT molecular complexity index is 755. The summed E-state index contributed by atoms with van der Waals surface area (Å²) in [6, 6.07) is 0.0246. The average molecular weight is 434 g/mol. The third kappa shape index (κ3) is 3.57. The summed E-state index contributed by atoms with van der Waals surface area (Å²) in [5.41, 5.74) is 8.68. The van der Waals surface area contributed by atoms with Crippen LogP contribution in [-0.2, 0) is 4.79 Å². The minimum Gasteiger partial charge on any atom is -0.481 e. The van der Waals surface area contributed by atoms with E-state index in [0.717, 1.165) is 44.9 Å². The van der Waals surface area contributed by atoms with Crippen LogP contribution in [0.1, 0.15) is 78.6 Å². The van der Waals surface area contributed by atoms with Crippen molar-refractivity contribution in [2.75, 3.05) is 0 Å². The highest BCUT2D eigenvalue weighted by Crippen LogP contribution is 2.68. The average Bonchev–Trinajstić information content (AvgIpc) is 3.07. The molecule has 0 spiro atoms. The van der Waals surface area contributed by atoms with Crippen molar-refractivity contribution < 1.29 is 20.1 Å². The van der Waals surface area contributed by atoms with Crippen LogP contribution < -0.4 is 0 Å². The molecule has 0 aliphatic heterocycles. The zero-order valence-corrected chi connectivity index (χ0v) is 19.2. The maximum atomic E-state index is 11.5. The van der Waals surface area contributed by atoms with Crippen molar-refractivity contribution in [3.8, 4) is 0 Å². The molecule has 4 rings (SSSR count). The van der Waals surface area contributed by atoms with E-state index in [0.29, 0.717) is 18.3 Å². The summed E-state index contributed by atoms with van der Waals surface area (Å²) in [6.07, 6.45) is 6.24. The van der Waals surface area contributed by atoms with Crippen LogP contribution >= 0.6 is 0 Å². The van der Waals surface area contributed by atoms with Crippen LogP contribution in [0.15, 0.2) is 5.11 Å². The highest BCUT2D eigenvalue weighted by molar-refractivity contribution is 5.66. The van der Waals surface area contributed by atoms with Gasteiger partial charge < -0.3 is 15.3 Å². The van der Waals surface area contributed by atoms with Gasteiger partial charge in [-0.05, 0) is 103 Å². The summed E-state index contributed by atoms with van der Waals surface area (Å²) in [4.78, 5) is 14.1. The number of nitrogens with zero attached hydrogens (tertiary/aromatic N) is 3. The van der Waals surface area contributed by atoms with Crippen molar-refractivity contribution in [2.24, 2.45) is 51.5 Å². The molecule has 0 aromatic heterocycles. The minimum absolute atomic E-state index is 0.0246. The zero-order chi connectivity index (χ0) is 22.6. The van der Waals surface area contributed by atoms with Crippen LogP contribution in [-0.4, -0.2) is 39.5 Å². The minimum atomic E-state index is -0.756. The van der Waals surface area contributed by atoms with Crippen LogP contribution in [0.4, 0.5) is 0 Å². The van der Waals surface area contributed by atoms with Gasteiger partial charge in [-0.2, -0.15) is 0 Å². The van der Waals surface area contributed by atoms with Crippen molar-refractivity contribution in [2.45, 2.75) is 96.8 Å². The van der Waals surface area contributed by atoms with E-state index in [-0.39, 0.29) is 53.1 Å². The summed E-state index contributed by atoms with van der Waals surface area (Å²) >= 11 is 0. The molecular weight excluding hydrogens is 394 g/mol. The van der Waals surface area contributed by atoms with E-state index in [1.807, 2.05) is 0 Å². The molecule has 0 saturated heterocycles. The normalized spacial score (nSPS) is 49.8. The molecule has 0 radical (unpaired) electrons. The van der Waals surface area contributed by atoms with Gasteiger partial charge in [0.1, 0.15) is 0 Å². The van der Waals surface area contributed by atoms with Gasteiger partial charge in [0.05, 0.1) is 12.2 Å². The molecule has 0 unspecified atom stereocenters. The second-order valence-electron chi connectivity index (χ2n) is 11.6. The molecule has 0 heterocycles. The lowest BCUT2D eigenvalue weighted by Gasteiger charge is -2.63. The lowest BCUT2D eigenvalue weighted by molar-refractivity contribution is -0.202. The predicted octanol–water partition coefficient (Wildman–Crippen LogP) is 4.77. The fourth-order valence-electron chi connectivity index (χ4n) is 8.86. The van der Waals surface area contributed by atoms with Gasteiger partial charge in [0.2, 0.25) is 0 Å². The van der Waals surface area contributed by atoms with Crippen molar-refractivity contribution in [1.29, 1.82) is 0 Å². The molecule has 4 aliphatic rings. The highest BCUT2D eigenvalue weighted by Gasteiger charge is 2.65. The molecule has 0 aromatic carbocycles. The van der Waals surface area contributed by atoms with E-state index in [9.17, 15) is 15.0 Å². The quantitative estimate of drug-likeness (QED) is 0.328. The fraction of sp³-hybridized carbons (Fsp3) is 0.958. The molecule has 31 heavy (non-hydrogen) atoms. The molecule has 11 atom stereocenters. The van der Waals surface area contributed by atoms with Crippen molar-refractivity contribution >= 4 is 5.97 Å². The van der Waals surface area contributed by atoms with Crippen LogP contribution in [0.25, 0.3) is 10.4 Å². The number of azide groups is 1. The van der Waals surface area contributed by atoms with Gasteiger partial charge in [0, 0.05) is 17.4 Å². The van der Waals surface area contributed by atoms with E-state index in [2.05, 4.69) is 30.8 Å². The predicted molar refractivity (Wildman–Crippen MR) is 117 cm³/mol. The van der Waals surface area contributed by atoms with Crippen molar-refractivity contribution in [3.05, 3.63) is 10.4 Å². The highest BCUT2D eigenvalue weighted by atomic mass is 16.4. The molecule has 4 fully saturated rings. The van der Waals surface area contributed by atoms with Crippen LogP contribution in [0.2, 0.25) is 0 Å². The first kappa shape index (κ1) is 22.9. The maximum Gasteiger partial charge on any atom is 0.303 e. The number of hydrogen-bond acceptors (Lipinski definition) is 4. The first-order valence-corrected chi connectivity index (χ1v) is 12.2. The largest absolute Gasteiger partial charge is 0.481 e. The van der Waals surface area contributed by atoms with Crippen molar-refractivity contribution in [3.63, 3.8) is 0 Å². The molecular formula is C24H39N3O4. The monoisotopic (exact) mass is 433 g/mol. The Labute approximate surface area is 185 Å². The number of aliphatic hydroxyl groups excluding tert-OH is 2. The fourth-order valence-corrected chi connectivity index (χ4v) is 8.86. The number of hydrogen-bond donors (Lipinski definition) is 3. The number of aliphatic carboxylic acids is 1. The van der Waals surface area contributed by atoms with E-state index < -0.39 is 12.1 Å². The van der Waals surface area contributed by atoms with Gasteiger partial charge in [0.25, 0.3) is 0 Å². The lowest BCUT2D eigenvalue weighted by Crippen LogP contribution is -2.62. The Morgan fingerprint density at radius 3 is 2.58 bits per heavy atom. The third-order valence-electron chi connectivity index (χ3n) is 10.5. The number of carboxylic acids is 1. The van der Waals surface area contributed by atoms with Crippen LogP contribution in [0.5, 0.6) is 0 Å². The lowest BCUT2D eigenvalue weighted by atomic mass is 9.43. The Kier molecular flexibility index (Phi) is 6.08. The Balaban J connectivity index is 1.59. The standard InChI is InChI=1S/C24H39N3O4/c1-13(4-7-21(30)31)16-5-6-17-22-18(12-20(29)24(16,17)3)23(2)9-8-15(26-27-25)10-14(23)11-19(22)28/h13-20,22,28-29H,4-12H2,1-3H3,(H,30,31)/t13-,14+,15+,16-,17+,18+,19-,20+,22+,23+,24-/m1/s1. The first-order chi connectivity index (χ1) is 14.6. The maximum absolute atomic E-state index is 11.5. The van der Waals surface area contributed by atoms with Gasteiger partial charge in [0.15, 0.2) is 0 Å². The van der Waals surface area contributed by atoms with Crippen molar-refractivity contribution in [1.82, 2.24) is 0 Å². The number of carboxylic acid groups (broad SMARTS) is 1. The summed E-state index contributed by atoms with van der Waals surface area (Å²) < 4.78 is 0. The summed E-state index contributed by atoms with van der Waals surface area (Å²) in [5, 5.41) is 36.0. The van der Waals surface area contributed by atoms with Gasteiger partial charge >= 0.3 is 5.97 Å². The third-order valence-corrected chi connectivity index (χ3v) is 10.5. The molecule has 174 valence electrons. The molecule has 4 saturated carbocycles. The molecule has 7 heteroatoms. The first-order valence-electron chi connectivity index (χ1n) is 12.2. The summed E-state index contributed by atoms with van der Waals surface area (Å²) in [7, 11) is 0. The van der Waals surface area contributed by atoms with Crippen LogP contribution in [0, 0.1) is 46.3 Å².